The molecule has 6 heteroatoms. The molecule has 20 heavy (non-hydrogen) atoms. The lowest BCUT2D eigenvalue weighted by atomic mass is 10.2. The van der Waals surface area contributed by atoms with Crippen molar-refractivity contribution < 1.29 is 0 Å². The Labute approximate surface area is 115 Å². The van der Waals surface area contributed by atoms with E-state index in [1.165, 1.54) is 10.7 Å². The normalized spacial score (nSPS) is 13.8. The van der Waals surface area contributed by atoms with Gasteiger partial charge >= 0.3 is 0 Å². The van der Waals surface area contributed by atoms with Crippen molar-refractivity contribution in [3.05, 3.63) is 52.2 Å². The highest BCUT2D eigenvalue weighted by atomic mass is 16.1. The maximum Gasteiger partial charge on any atom is 0.269 e. The monoisotopic (exact) mass is 267 g/mol. The van der Waals surface area contributed by atoms with Crippen LogP contribution in [0.1, 0.15) is 24.1 Å². The minimum absolute atomic E-state index is 0.191. The average Bonchev–Trinajstić information content (AvgIpc) is 3.26. The van der Waals surface area contributed by atoms with Crippen molar-refractivity contribution in [1.82, 2.24) is 14.8 Å². The number of nitrogens with zero attached hydrogens (tertiary/aromatic N) is 4. The summed E-state index contributed by atoms with van der Waals surface area (Å²) in [7, 11) is 0. The summed E-state index contributed by atoms with van der Waals surface area (Å²) in [5.74, 6) is 0. The molecule has 0 spiro atoms. The predicted molar refractivity (Wildman–Crippen MR) is 73.2 cm³/mol. The first-order valence-corrected chi connectivity index (χ1v) is 6.44. The topological polar surface area (TPSA) is 83.6 Å². The third kappa shape index (κ3) is 2.67. The van der Waals surface area contributed by atoms with Gasteiger partial charge in [-0.05, 0) is 18.9 Å². The van der Waals surface area contributed by atoms with Crippen LogP contribution in [0.25, 0.3) is 0 Å². The average molecular weight is 267 g/mol. The summed E-state index contributed by atoms with van der Waals surface area (Å²) < 4.78 is 1.33. The second-order valence-electron chi connectivity index (χ2n) is 4.78. The Balaban J connectivity index is 1.83. The standard InChI is InChI=1S/C14H13N5O/c15-7-13-10(2-1-5-16-13)9-19-14(20)6-12(8-17-19)18-11-3-4-11/h1-2,5-6,8,11,18H,3-4,9H2. The fourth-order valence-corrected chi connectivity index (χ4v) is 1.92. The lowest BCUT2D eigenvalue weighted by Crippen LogP contribution is -2.23. The zero-order valence-corrected chi connectivity index (χ0v) is 10.8. The van der Waals surface area contributed by atoms with E-state index in [1.807, 2.05) is 6.07 Å². The highest BCUT2D eigenvalue weighted by Gasteiger charge is 2.21. The summed E-state index contributed by atoms with van der Waals surface area (Å²) in [6.07, 6.45) is 5.48. The van der Waals surface area contributed by atoms with Gasteiger partial charge in [-0.25, -0.2) is 9.67 Å². The second kappa shape index (κ2) is 5.13. The number of pyridine rings is 1. The van der Waals surface area contributed by atoms with Crippen molar-refractivity contribution in [2.45, 2.75) is 25.4 Å². The molecule has 0 amide bonds. The maximum absolute atomic E-state index is 12.0. The van der Waals surface area contributed by atoms with Crippen LogP contribution in [0.5, 0.6) is 0 Å². The lowest BCUT2D eigenvalue weighted by Gasteiger charge is -2.07. The molecule has 100 valence electrons. The van der Waals surface area contributed by atoms with E-state index >= 15 is 0 Å². The fourth-order valence-electron chi connectivity index (χ4n) is 1.92. The van der Waals surface area contributed by atoms with Crippen LogP contribution < -0.4 is 10.9 Å². The molecule has 1 fully saturated rings. The van der Waals surface area contributed by atoms with Gasteiger partial charge in [-0.3, -0.25) is 4.79 Å². The summed E-state index contributed by atoms with van der Waals surface area (Å²) in [6.45, 7) is 0.249. The van der Waals surface area contributed by atoms with Gasteiger partial charge in [-0.1, -0.05) is 6.07 Å². The smallest absolute Gasteiger partial charge is 0.269 e. The minimum Gasteiger partial charge on any atom is -0.381 e. The molecular weight excluding hydrogens is 254 g/mol. The van der Waals surface area contributed by atoms with Crippen molar-refractivity contribution in [3.8, 4) is 6.07 Å². The molecule has 1 N–H and O–H groups in total. The van der Waals surface area contributed by atoms with E-state index in [0.29, 0.717) is 17.3 Å². The van der Waals surface area contributed by atoms with Crippen LogP contribution in [0.15, 0.2) is 35.4 Å². The third-order valence-corrected chi connectivity index (χ3v) is 3.14. The molecule has 0 atom stereocenters. The van der Waals surface area contributed by atoms with Gasteiger partial charge in [0.05, 0.1) is 18.4 Å². The number of aromatic nitrogens is 3. The number of hydrogen-bond acceptors (Lipinski definition) is 5. The van der Waals surface area contributed by atoms with E-state index in [2.05, 4.69) is 15.4 Å². The molecule has 0 aromatic carbocycles. The number of hydrogen-bond donors (Lipinski definition) is 1. The van der Waals surface area contributed by atoms with Crippen LogP contribution in [-0.4, -0.2) is 20.8 Å². The van der Waals surface area contributed by atoms with Crippen molar-refractivity contribution in [2.75, 3.05) is 5.32 Å². The highest BCUT2D eigenvalue weighted by molar-refractivity contribution is 5.41. The Hall–Kier alpha value is -2.68. The molecule has 0 bridgehead atoms. The molecule has 0 saturated heterocycles. The molecule has 2 heterocycles. The molecule has 2 aromatic rings. The molecule has 3 rings (SSSR count). The number of nitrogens with one attached hydrogen (secondary N) is 1. The van der Waals surface area contributed by atoms with Gasteiger partial charge in [0.25, 0.3) is 5.56 Å². The molecule has 6 nitrogen and oxygen atoms in total. The Bertz CT molecular complexity index is 727. The summed E-state index contributed by atoms with van der Waals surface area (Å²) in [6, 6.07) is 7.55. The molecule has 1 aliphatic carbocycles. The van der Waals surface area contributed by atoms with Gasteiger partial charge in [0, 0.05) is 23.9 Å². The SMILES string of the molecule is N#Cc1ncccc1Cn1ncc(NC2CC2)cc1=O. The summed E-state index contributed by atoms with van der Waals surface area (Å²) >= 11 is 0. The van der Waals surface area contributed by atoms with Gasteiger partial charge in [0.15, 0.2) is 0 Å². The van der Waals surface area contributed by atoms with Crippen LogP contribution in [0.2, 0.25) is 0 Å². The largest absolute Gasteiger partial charge is 0.381 e. The molecular formula is C14H13N5O. The third-order valence-electron chi connectivity index (χ3n) is 3.14. The van der Waals surface area contributed by atoms with Crippen molar-refractivity contribution in [2.24, 2.45) is 0 Å². The second-order valence-corrected chi connectivity index (χ2v) is 4.78. The first-order valence-electron chi connectivity index (χ1n) is 6.44. The summed E-state index contributed by atoms with van der Waals surface area (Å²) in [4.78, 5) is 16.0. The van der Waals surface area contributed by atoms with Crippen LogP contribution in [-0.2, 0) is 6.54 Å². The van der Waals surface area contributed by atoms with E-state index in [9.17, 15) is 4.79 Å². The molecule has 0 radical (unpaired) electrons. The van der Waals surface area contributed by atoms with Gasteiger partial charge in [-0.2, -0.15) is 10.4 Å². The Morgan fingerprint density at radius 3 is 3.05 bits per heavy atom. The zero-order chi connectivity index (χ0) is 13.9. The maximum atomic E-state index is 12.0. The van der Waals surface area contributed by atoms with Crippen molar-refractivity contribution in [3.63, 3.8) is 0 Å². The fraction of sp³-hybridized carbons (Fsp3) is 0.286. The quantitative estimate of drug-likeness (QED) is 0.897. The van der Waals surface area contributed by atoms with Gasteiger partial charge in [0.2, 0.25) is 0 Å². The Morgan fingerprint density at radius 2 is 2.35 bits per heavy atom. The van der Waals surface area contributed by atoms with Crippen LogP contribution in [0.4, 0.5) is 5.69 Å². The molecule has 1 saturated carbocycles. The van der Waals surface area contributed by atoms with E-state index in [-0.39, 0.29) is 12.1 Å². The lowest BCUT2D eigenvalue weighted by molar-refractivity contribution is 0.637. The van der Waals surface area contributed by atoms with E-state index in [1.54, 1.807) is 24.5 Å². The van der Waals surface area contributed by atoms with Gasteiger partial charge in [-0.15, -0.1) is 0 Å². The minimum atomic E-state index is -0.191. The van der Waals surface area contributed by atoms with Crippen molar-refractivity contribution in [1.29, 1.82) is 5.26 Å². The summed E-state index contributed by atoms with van der Waals surface area (Å²) in [5, 5.41) is 16.3. The van der Waals surface area contributed by atoms with E-state index in [0.717, 1.165) is 18.5 Å². The number of rotatable bonds is 4. The van der Waals surface area contributed by atoms with Crippen LogP contribution in [0.3, 0.4) is 0 Å². The van der Waals surface area contributed by atoms with Crippen LogP contribution >= 0.6 is 0 Å². The van der Waals surface area contributed by atoms with Gasteiger partial charge < -0.3 is 5.32 Å². The molecule has 0 aliphatic heterocycles. The van der Waals surface area contributed by atoms with Gasteiger partial charge in [0.1, 0.15) is 11.8 Å². The zero-order valence-electron chi connectivity index (χ0n) is 10.8. The van der Waals surface area contributed by atoms with Crippen LogP contribution in [0, 0.1) is 11.3 Å². The Kier molecular flexibility index (Phi) is 3.17. The molecule has 2 aromatic heterocycles. The Morgan fingerprint density at radius 1 is 1.50 bits per heavy atom. The predicted octanol–water partition coefficient (Wildman–Crippen LogP) is 1.13. The number of nitriles is 1. The first kappa shape index (κ1) is 12.4. The van der Waals surface area contributed by atoms with E-state index in [4.69, 9.17) is 5.26 Å². The molecule has 0 unspecified atom stereocenters. The summed E-state index contributed by atoms with van der Waals surface area (Å²) in [5.41, 5.74) is 1.57. The van der Waals surface area contributed by atoms with E-state index < -0.39 is 0 Å². The highest BCUT2D eigenvalue weighted by Crippen LogP contribution is 2.23. The molecule has 1 aliphatic rings. The van der Waals surface area contributed by atoms with Crippen molar-refractivity contribution >= 4 is 5.69 Å². The number of anilines is 1. The first-order chi connectivity index (χ1) is 9.76.